The molecular formula is C12H12N4OS2. The van der Waals surface area contributed by atoms with E-state index in [9.17, 15) is 0 Å². The molecular weight excluding hydrogens is 280 g/mol. The summed E-state index contributed by atoms with van der Waals surface area (Å²) in [5.74, 6) is 2.31. The van der Waals surface area contributed by atoms with Crippen LogP contribution in [0.5, 0.6) is 0 Å². The van der Waals surface area contributed by atoms with E-state index < -0.39 is 0 Å². The van der Waals surface area contributed by atoms with Crippen molar-refractivity contribution in [1.29, 1.82) is 0 Å². The second-order valence-electron chi connectivity index (χ2n) is 4.00. The zero-order chi connectivity index (χ0) is 13.2. The third kappa shape index (κ3) is 2.57. The highest BCUT2D eigenvalue weighted by Gasteiger charge is 2.10. The number of thioether (sulfide) groups is 1. The van der Waals surface area contributed by atoms with Crippen molar-refractivity contribution in [2.45, 2.75) is 17.8 Å². The molecule has 0 aromatic carbocycles. The van der Waals surface area contributed by atoms with Crippen LogP contribution in [0.25, 0.3) is 10.8 Å². The third-order valence-electron chi connectivity index (χ3n) is 2.69. The molecule has 3 heterocycles. The van der Waals surface area contributed by atoms with E-state index in [1.807, 2.05) is 36.1 Å². The minimum absolute atomic E-state index is 0.680. The number of hydrogen-bond acceptors (Lipinski definition) is 6. The Morgan fingerprint density at radius 3 is 3.00 bits per heavy atom. The first-order valence-electron chi connectivity index (χ1n) is 5.71. The van der Waals surface area contributed by atoms with Gasteiger partial charge in [0.1, 0.15) is 12.1 Å². The van der Waals surface area contributed by atoms with Crippen LogP contribution in [-0.2, 0) is 12.8 Å². The van der Waals surface area contributed by atoms with Crippen molar-refractivity contribution in [3.05, 3.63) is 35.3 Å². The van der Waals surface area contributed by atoms with Gasteiger partial charge in [-0.3, -0.25) is 0 Å². The lowest BCUT2D eigenvalue weighted by Gasteiger charge is -1.98. The maximum absolute atomic E-state index is 5.48. The SMILES string of the molecule is Cc1nnc(SCc2coc(-c3cccs3)n2)n1C. The molecule has 0 aliphatic rings. The number of oxazole rings is 1. The van der Waals surface area contributed by atoms with E-state index >= 15 is 0 Å². The van der Waals surface area contributed by atoms with Gasteiger partial charge < -0.3 is 8.98 Å². The Hall–Kier alpha value is -1.60. The van der Waals surface area contributed by atoms with Gasteiger partial charge in [-0.2, -0.15) is 0 Å². The summed E-state index contributed by atoms with van der Waals surface area (Å²) in [5.41, 5.74) is 0.911. The number of thiophene rings is 1. The van der Waals surface area contributed by atoms with Crippen LogP contribution in [-0.4, -0.2) is 19.7 Å². The Bertz CT molecular complexity index is 672. The average molecular weight is 292 g/mol. The Morgan fingerprint density at radius 1 is 1.42 bits per heavy atom. The Kier molecular flexibility index (Phi) is 3.39. The molecule has 0 aliphatic carbocycles. The summed E-state index contributed by atoms with van der Waals surface area (Å²) in [4.78, 5) is 5.52. The van der Waals surface area contributed by atoms with Gasteiger partial charge in [0.25, 0.3) is 0 Å². The van der Waals surface area contributed by atoms with Crippen LogP contribution in [0, 0.1) is 6.92 Å². The standard InChI is InChI=1S/C12H12N4OS2/c1-8-14-15-12(16(8)2)19-7-9-6-17-11(13-9)10-4-3-5-18-10/h3-6H,7H2,1-2H3. The Labute approximate surface area is 118 Å². The van der Waals surface area contributed by atoms with Gasteiger partial charge in [0, 0.05) is 12.8 Å². The van der Waals surface area contributed by atoms with E-state index in [0.717, 1.165) is 27.3 Å². The topological polar surface area (TPSA) is 56.7 Å². The molecule has 5 nitrogen and oxygen atoms in total. The summed E-state index contributed by atoms with van der Waals surface area (Å²) in [6.45, 7) is 1.93. The lowest BCUT2D eigenvalue weighted by atomic mass is 10.5. The summed E-state index contributed by atoms with van der Waals surface area (Å²) in [5, 5.41) is 11.0. The highest BCUT2D eigenvalue weighted by molar-refractivity contribution is 7.98. The quantitative estimate of drug-likeness (QED) is 0.691. The molecule has 0 radical (unpaired) electrons. The highest BCUT2D eigenvalue weighted by atomic mass is 32.2. The van der Waals surface area contributed by atoms with Crippen molar-refractivity contribution in [2.75, 3.05) is 0 Å². The van der Waals surface area contributed by atoms with Gasteiger partial charge in [-0.25, -0.2) is 4.98 Å². The molecule has 0 spiro atoms. The third-order valence-corrected chi connectivity index (χ3v) is 4.60. The molecule has 19 heavy (non-hydrogen) atoms. The summed E-state index contributed by atoms with van der Waals surface area (Å²) in [6.07, 6.45) is 1.70. The summed E-state index contributed by atoms with van der Waals surface area (Å²) >= 11 is 3.22. The first kappa shape index (κ1) is 12.4. The van der Waals surface area contributed by atoms with Gasteiger partial charge in [0.2, 0.25) is 5.89 Å². The van der Waals surface area contributed by atoms with Crippen molar-refractivity contribution in [3.8, 4) is 10.8 Å². The van der Waals surface area contributed by atoms with Crippen LogP contribution in [0.2, 0.25) is 0 Å². The fourth-order valence-corrected chi connectivity index (χ4v) is 3.03. The van der Waals surface area contributed by atoms with Crippen LogP contribution >= 0.6 is 23.1 Å². The van der Waals surface area contributed by atoms with Crippen molar-refractivity contribution >= 4 is 23.1 Å². The number of rotatable bonds is 4. The molecule has 98 valence electrons. The molecule has 0 amide bonds. The largest absolute Gasteiger partial charge is 0.444 e. The van der Waals surface area contributed by atoms with Gasteiger partial charge in [-0.05, 0) is 18.4 Å². The fraction of sp³-hybridized carbons (Fsp3) is 0.250. The molecule has 3 rings (SSSR count). The first-order chi connectivity index (χ1) is 9.24. The molecule has 3 aromatic rings. The Morgan fingerprint density at radius 2 is 2.32 bits per heavy atom. The van der Waals surface area contributed by atoms with E-state index in [1.54, 1.807) is 29.4 Å². The van der Waals surface area contributed by atoms with Gasteiger partial charge in [-0.15, -0.1) is 21.5 Å². The van der Waals surface area contributed by atoms with E-state index in [-0.39, 0.29) is 0 Å². The van der Waals surface area contributed by atoms with Crippen molar-refractivity contribution in [2.24, 2.45) is 7.05 Å². The molecule has 3 aromatic heterocycles. The molecule has 0 saturated carbocycles. The molecule has 0 bridgehead atoms. The first-order valence-corrected chi connectivity index (χ1v) is 7.57. The summed E-state index contributed by atoms with van der Waals surface area (Å²) < 4.78 is 7.44. The average Bonchev–Trinajstić information content (AvgIpc) is 3.11. The molecule has 0 aliphatic heterocycles. The fourth-order valence-electron chi connectivity index (χ4n) is 1.54. The molecule has 0 fully saturated rings. The van der Waals surface area contributed by atoms with E-state index in [0.29, 0.717) is 5.89 Å². The van der Waals surface area contributed by atoms with E-state index in [2.05, 4.69) is 15.2 Å². The number of aromatic nitrogens is 4. The maximum atomic E-state index is 5.48. The molecule has 7 heteroatoms. The Balaban J connectivity index is 1.69. The number of aryl methyl sites for hydroxylation is 1. The van der Waals surface area contributed by atoms with Crippen LogP contribution in [0.4, 0.5) is 0 Å². The minimum atomic E-state index is 0.680. The van der Waals surface area contributed by atoms with Crippen LogP contribution < -0.4 is 0 Å². The van der Waals surface area contributed by atoms with Crippen LogP contribution in [0.1, 0.15) is 11.5 Å². The zero-order valence-electron chi connectivity index (χ0n) is 10.5. The smallest absolute Gasteiger partial charge is 0.236 e. The van der Waals surface area contributed by atoms with Crippen molar-refractivity contribution < 1.29 is 4.42 Å². The molecule has 0 N–H and O–H groups in total. The van der Waals surface area contributed by atoms with Gasteiger partial charge in [0.15, 0.2) is 5.16 Å². The van der Waals surface area contributed by atoms with E-state index in [1.165, 1.54) is 0 Å². The van der Waals surface area contributed by atoms with Gasteiger partial charge >= 0.3 is 0 Å². The van der Waals surface area contributed by atoms with Crippen LogP contribution in [0.15, 0.2) is 33.3 Å². The number of hydrogen-bond donors (Lipinski definition) is 0. The van der Waals surface area contributed by atoms with Crippen molar-refractivity contribution in [3.63, 3.8) is 0 Å². The normalized spacial score (nSPS) is 11.1. The minimum Gasteiger partial charge on any atom is -0.444 e. The van der Waals surface area contributed by atoms with E-state index in [4.69, 9.17) is 4.42 Å². The lowest BCUT2D eigenvalue weighted by Crippen LogP contribution is -1.93. The predicted molar refractivity (Wildman–Crippen MR) is 75.1 cm³/mol. The summed E-state index contributed by atoms with van der Waals surface area (Å²) in [6, 6.07) is 3.99. The molecule has 0 saturated heterocycles. The predicted octanol–water partition coefficient (Wildman–Crippen LogP) is 3.13. The highest BCUT2D eigenvalue weighted by Crippen LogP contribution is 2.26. The maximum Gasteiger partial charge on any atom is 0.236 e. The lowest BCUT2D eigenvalue weighted by molar-refractivity contribution is 0.575. The van der Waals surface area contributed by atoms with Crippen molar-refractivity contribution in [1.82, 2.24) is 19.7 Å². The second-order valence-corrected chi connectivity index (χ2v) is 5.89. The zero-order valence-corrected chi connectivity index (χ0v) is 12.2. The van der Waals surface area contributed by atoms with Gasteiger partial charge in [0.05, 0.1) is 10.6 Å². The molecule has 0 atom stereocenters. The van der Waals surface area contributed by atoms with Gasteiger partial charge in [-0.1, -0.05) is 17.8 Å². The van der Waals surface area contributed by atoms with Crippen LogP contribution in [0.3, 0.4) is 0 Å². The second kappa shape index (κ2) is 5.18. The summed E-state index contributed by atoms with van der Waals surface area (Å²) in [7, 11) is 1.96. The number of nitrogens with zero attached hydrogens (tertiary/aromatic N) is 4. The molecule has 0 unspecified atom stereocenters. The monoisotopic (exact) mass is 292 g/mol.